The van der Waals surface area contributed by atoms with Gasteiger partial charge < -0.3 is 11.1 Å². The van der Waals surface area contributed by atoms with Crippen LogP contribution in [0.2, 0.25) is 0 Å². The Balaban J connectivity index is 2.27. The number of anilines is 1. The minimum Gasteiger partial charge on any atom is -0.378 e. The lowest BCUT2D eigenvalue weighted by atomic mass is 10.0. The van der Waals surface area contributed by atoms with Crippen molar-refractivity contribution < 1.29 is 9.18 Å². The number of nitrogens with one attached hydrogen (secondary N) is 1. The first-order chi connectivity index (χ1) is 10.0. The highest BCUT2D eigenvalue weighted by Crippen LogP contribution is 2.25. The van der Waals surface area contributed by atoms with Gasteiger partial charge in [0.25, 0.3) is 5.91 Å². The van der Waals surface area contributed by atoms with Crippen LogP contribution in [0.5, 0.6) is 0 Å². The molecule has 0 aliphatic rings. The lowest BCUT2D eigenvalue weighted by Gasteiger charge is -2.19. The van der Waals surface area contributed by atoms with Gasteiger partial charge >= 0.3 is 0 Å². The van der Waals surface area contributed by atoms with Gasteiger partial charge in [-0.05, 0) is 42.3 Å². The third-order valence-corrected chi connectivity index (χ3v) is 3.73. The number of hydrogen-bond donors (Lipinski definition) is 2. The van der Waals surface area contributed by atoms with Crippen LogP contribution in [0.15, 0.2) is 46.9 Å². The normalized spacial score (nSPS) is 12.0. The van der Waals surface area contributed by atoms with Gasteiger partial charge in [-0.2, -0.15) is 0 Å². The molecule has 110 valence electrons. The van der Waals surface area contributed by atoms with Crippen molar-refractivity contribution in [3.63, 3.8) is 0 Å². The van der Waals surface area contributed by atoms with E-state index < -0.39 is 11.7 Å². The van der Waals surface area contributed by atoms with Gasteiger partial charge in [0, 0.05) is 10.2 Å². The van der Waals surface area contributed by atoms with Crippen LogP contribution >= 0.6 is 15.9 Å². The first-order valence-electron chi connectivity index (χ1n) is 6.62. The summed E-state index contributed by atoms with van der Waals surface area (Å²) in [6.07, 6.45) is 0.847. The molecule has 2 aromatic carbocycles. The van der Waals surface area contributed by atoms with Crippen molar-refractivity contribution in [2.75, 3.05) is 5.32 Å². The Morgan fingerprint density at radius 2 is 2.10 bits per heavy atom. The molecule has 21 heavy (non-hydrogen) atoms. The summed E-state index contributed by atoms with van der Waals surface area (Å²) in [4.78, 5) is 11.2. The molecule has 0 aliphatic carbocycles. The molecule has 0 radical (unpaired) electrons. The molecule has 0 bridgehead atoms. The summed E-state index contributed by atoms with van der Waals surface area (Å²) in [7, 11) is 0. The lowest BCUT2D eigenvalue weighted by molar-refractivity contribution is 0.0996. The maximum absolute atomic E-state index is 13.5. The van der Waals surface area contributed by atoms with Crippen molar-refractivity contribution in [3.05, 3.63) is 63.9 Å². The second kappa shape index (κ2) is 6.72. The SMILES string of the molecule is CCC(Nc1ccc(F)c(C(N)=O)c1)c1cccc(Br)c1. The fourth-order valence-corrected chi connectivity index (χ4v) is 2.57. The Kier molecular flexibility index (Phi) is 4.96. The van der Waals surface area contributed by atoms with Gasteiger partial charge in [-0.15, -0.1) is 0 Å². The number of benzene rings is 2. The Morgan fingerprint density at radius 1 is 1.33 bits per heavy atom. The lowest BCUT2D eigenvalue weighted by Crippen LogP contribution is -2.15. The van der Waals surface area contributed by atoms with Gasteiger partial charge in [0.05, 0.1) is 11.6 Å². The Labute approximate surface area is 131 Å². The van der Waals surface area contributed by atoms with Gasteiger partial charge in [0.15, 0.2) is 0 Å². The fourth-order valence-electron chi connectivity index (χ4n) is 2.15. The number of primary amides is 1. The van der Waals surface area contributed by atoms with E-state index in [9.17, 15) is 9.18 Å². The van der Waals surface area contributed by atoms with Crippen molar-refractivity contribution in [1.29, 1.82) is 0 Å². The zero-order valence-electron chi connectivity index (χ0n) is 11.6. The Bertz CT molecular complexity index is 660. The average Bonchev–Trinajstić information content (AvgIpc) is 2.46. The molecule has 5 heteroatoms. The summed E-state index contributed by atoms with van der Waals surface area (Å²) >= 11 is 3.45. The number of nitrogens with two attached hydrogens (primary N) is 1. The first kappa shape index (κ1) is 15.5. The van der Waals surface area contributed by atoms with Gasteiger partial charge in [-0.25, -0.2) is 4.39 Å². The molecule has 0 aromatic heterocycles. The quantitative estimate of drug-likeness (QED) is 0.846. The van der Waals surface area contributed by atoms with Crippen LogP contribution in [0, 0.1) is 5.82 Å². The second-order valence-electron chi connectivity index (χ2n) is 4.72. The predicted molar refractivity (Wildman–Crippen MR) is 85.7 cm³/mol. The topological polar surface area (TPSA) is 55.1 Å². The van der Waals surface area contributed by atoms with Crippen LogP contribution in [-0.2, 0) is 0 Å². The van der Waals surface area contributed by atoms with Crippen LogP contribution in [0.25, 0.3) is 0 Å². The monoisotopic (exact) mass is 350 g/mol. The van der Waals surface area contributed by atoms with Gasteiger partial charge in [-0.3, -0.25) is 4.79 Å². The molecule has 3 nitrogen and oxygen atoms in total. The van der Waals surface area contributed by atoms with Crippen LogP contribution < -0.4 is 11.1 Å². The van der Waals surface area contributed by atoms with E-state index in [4.69, 9.17) is 5.73 Å². The van der Waals surface area contributed by atoms with Crippen LogP contribution in [0.1, 0.15) is 35.3 Å². The minimum atomic E-state index is -0.772. The number of amides is 1. The molecule has 2 rings (SSSR count). The summed E-state index contributed by atoms with van der Waals surface area (Å²) < 4.78 is 14.5. The summed E-state index contributed by atoms with van der Waals surface area (Å²) in [6.45, 7) is 2.05. The van der Waals surface area contributed by atoms with Crippen molar-refractivity contribution in [3.8, 4) is 0 Å². The first-order valence-corrected chi connectivity index (χ1v) is 7.42. The van der Waals surface area contributed by atoms with Crippen molar-refractivity contribution in [1.82, 2.24) is 0 Å². The highest BCUT2D eigenvalue weighted by atomic mass is 79.9. The van der Waals surface area contributed by atoms with E-state index in [0.29, 0.717) is 5.69 Å². The standard InChI is InChI=1S/C16H16BrFN2O/c1-2-15(10-4-3-5-11(17)8-10)20-12-6-7-14(18)13(9-12)16(19)21/h3-9,15,20H,2H2,1H3,(H2,19,21). The van der Waals surface area contributed by atoms with E-state index in [1.54, 1.807) is 6.07 Å². The molecule has 0 fully saturated rings. The van der Waals surface area contributed by atoms with Gasteiger partial charge in [-0.1, -0.05) is 35.0 Å². The molecule has 0 heterocycles. The van der Waals surface area contributed by atoms with E-state index in [1.807, 2.05) is 24.3 Å². The smallest absolute Gasteiger partial charge is 0.251 e. The second-order valence-corrected chi connectivity index (χ2v) is 5.63. The maximum Gasteiger partial charge on any atom is 0.251 e. The minimum absolute atomic E-state index is 0.0636. The van der Waals surface area contributed by atoms with E-state index in [0.717, 1.165) is 16.5 Å². The number of rotatable bonds is 5. The molecule has 2 aromatic rings. The molecule has 1 amide bonds. The number of halogens is 2. The molecular weight excluding hydrogens is 335 g/mol. The molecular formula is C16H16BrFN2O. The van der Waals surface area contributed by atoms with Gasteiger partial charge in [0.1, 0.15) is 5.82 Å². The molecule has 1 atom stereocenters. The summed E-state index contributed by atoms with van der Waals surface area (Å²) in [5.74, 6) is -1.38. The average molecular weight is 351 g/mol. The van der Waals surface area contributed by atoms with E-state index in [-0.39, 0.29) is 11.6 Å². The number of carbonyl (C=O) groups is 1. The summed E-state index contributed by atoms with van der Waals surface area (Å²) in [6, 6.07) is 12.3. The molecule has 0 spiro atoms. The van der Waals surface area contributed by atoms with Crippen molar-refractivity contribution in [2.45, 2.75) is 19.4 Å². The highest BCUT2D eigenvalue weighted by Gasteiger charge is 2.13. The maximum atomic E-state index is 13.5. The molecule has 3 N–H and O–H groups in total. The summed E-state index contributed by atoms with van der Waals surface area (Å²) in [5, 5.41) is 3.30. The largest absolute Gasteiger partial charge is 0.378 e. The van der Waals surface area contributed by atoms with Crippen molar-refractivity contribution >= 4 is 27.5 Å². The van der Waals surface area contributed by atoms with E-state index in [2.05, 4.69) is 28.2 Å². The molecule has 1 unspecified atom stereocenters. The van der Waals surface area contributed by atoms with Crippen LogP contribution in [-0.4, -0.2) is 5.91 Å². The number of hydrogen-bond acceptors (Lipinski definition) is 2. The molecule has 0 saturated heterocycles. The van der Waals surface area contributed by atoms with Gasteiger partial charge in [0.2, 0.25) is 0 Å². The van der Waals surface area contributed by atoms with Crippen molar-refractivity contribution in [2.24, 2.45) is 5.73 Å². The zero-order chi connectivity index (χ0) is 15.4. The predicted octanol–water partition coefficient (Wildman–Crippen LogP) is 4.25. The van der Waals surface area contributed by atoms with Crippen LogP contribution in [0.3, 0.4) is 0 Å². The Hall–Kier alpha value is -1.88. The fraction of sp³-hybridized carbons (Fsp3) is 0.188. The molecule has 0 saturated carbocycles. The number of carbonyl (C=O) groups excluding carboxylic acids is 1. The summed E-state index contributed by atoms with van der Waals surface area (Å²) in [5.41, 5.74) is 6.83. The molecule has 0 aliphatic heterocycles. The zero-order valence-corrected chi connectivity index (χ0v) is 13.2. The Morgan fingerprint density at radius 3 is 2.71 bits per heavy atom. The third kappa shape index (κ3) is 3.82. The van der Waals surface area contributed by atoms with E-state index >= 15 is 0 Å². The highest BCUT2D eigenvalue weighted by molar-refractivity contribution is 9.10. The van der Waals surface area contributed by atoms with Crippen LogP contribution in [0.4, 0.5) is 10.1 Å². The van der Waals surface area contributed by atoms with E-state index in [1.165, 1.54) is 12.1 Å². The third-order valence-electron chi connectivity index (χ3n) is 3.23.